The highest BCUT2D eigenvalue weighted by molar-refractivity contribution is 5.70. The molecule has 2 heteroatoms. The predicted octanol–water partition coefficient (Wildman–Crippen LogP) is 4.91. The first-order chi connectivity index (χ1) is 10.2. The van der Waals surface area contributed by atoms with Crippen molar-refractivity contribution in [1.29, 1.82) is 0 Å². The van der Waals surface area contributed by atoms with Crippen molar-refractivity contribution in [2.75, 3.05) is 14.2 Å². The summed E-state index contributed by atoms with van der Waals surface area (Å²) >= 11 is 0. The Morgan fingerprint density at radius 3 is 1.81 bits per heavy atom. The van der Waals surface area contributed by atoms with Gasteiger partial charge in [-0.1, -0.05) is 37.8 Å². The first kappa shape index (κ1) is 15.2. The molecule has 1 unspecified atom stereocenters. The van der Waals surface area contributed by atoms with Gasteiger partial charge in [0.15, 0.2) is 0 Å². The lowest BCUT2D eigenvalue weighted by Gasteiger charge is -2.19. The van der Waals surface area contributed by atoms with E-state index in [1.165, 1.54) is 5.56 Å². The van der Waals surface area contributed by atoms with Gasteiger partial charge in [-0.05, 0) is 47.4 Å². The van der Waals surface area contributed by atoms with Crippen LogP contribution in [0.25, 0.3) is 5.57 Å². The molecule has 0 aliphatic heterocycles. The van der Waals surface area contributed by atoms with E-state index in [-0.39, 0.29) is 0 Å². The van der Waals surface area contributed by atoms with Gasteiger partial charge in [0.1, 0.15) is 11.5 Å². The van der Waals surface area contributed by atoms with Crippen molar-refractivity contribution in [1.82, 2.24) is 0 Å². The van der Waals surface area contributed by atoms with Crippen LogP contribution in [0.15, 0.2) is 55.1 Å². The van der Waals surface area contributed by atoms with E-state index in [4.69, 9.17) is 9.47 Å². The maximum atomic E-state index is 5.22. The monoisotopic (exact) mass is 282 g/mol. The Balaban J connectivity index is 2.24. The number of benzene rings is 2. The van der Waals surface area contributed by atoms with Crippen LogP contribution < -0.4 is 9.47 Å². The smallest absolute Gasteiger partial charge is 0.118 e. The minimum Gasteiger partial charge on any atom is -0.497 e. The van der Waals surface area contributed by atoms with E-state index in [9.17, 15) is 0 Å². The van der Waals surface area contributed by atoms with Crippen molar-refractivity contribution < 1.29 is 9.47 Å². The lowest BCUT2D eigenvalue weighted by molar-refractivity contribution is 0.414. The van der Waals surface area contributed by atoms with Crippen LogP contribution in [0.2, 0.25) is 0 Å². The van der Waals surface area contributed by atoms with Gasteiger partial charge in [0.05, 0.1) is 14.2 Å². The van der Waals surface area contributed by atoms with Crippen molar-refractivity contribution in [3.63, 3.8) is 0 Å². The summed E-state index contributed by atoms with van der Waals surface area (Å²) in [6.07, 6.45) is 1.01. The number of allylic oxidation sites excluding steroid dienone is 1. The Labute approximate surface area is 127 Å². The Morgan fingerprint density at radius 1 is 0.905 bits per heavy atom. The van der Waals surface area contributed by atoms with Gasteiger partial charge >= 0.3 is 0 Å². The van der Waals surface area contributed by atoms with Crippen molar-refractivity contribution in [2.24, 2.45) is 0 Å². The molecule has 2 nitrogen and oxygen atoms in total. The normalized spacial score (nSPS) is 11.8. The van der Waals surface area contributed by atoms with E-state index in [1.807, 2.05) is 24.3 Å². The first-order valence-corrected chi connectivity index (χ1v) is 7.16. The summed E-state index contributed by atoms with van der Waals surface area (Å²) in [7, 11) is 3.36. The van der Waals surface area contributed by atoms with Gasteiger partial charge in [-0.15, -0.1) is 0 Å². The maximum Gasteiger partial charge on any atom is 0.118 e. The lowest BCUT2D eigenvalue weighted by atomic mass is 9.86. The highest BCUT2D eigenvalue weighted by atomic mass is 16.5. The van der Waals surface area contributed by atoms with Crippen molar-refractivity contribution in [2.45, 2.75) is 19.3 Å². The number of hydrogen-bond acceptors (Lipinski definition) is 2. The third-order valence-electron chi connectivity index (χ3n) is 3.81. The third kappa shape index (κ3) is 3.46. The Hall–Kier alpha value is -2.22. The molecule has 0 heterocycles. The minimum absolute atomic E-state index is 0.310. The van der Waals surface area contributed by atoms with Gasteiger partial charge in [-0.2, -0.15) is 0 Å². The Kier molecular flexibility index (Phi) is 5.04. The number of methoxy groups -OCH3 is 2. The molecule has 0 aromatic heterocycles. The molecule has 0 spiro atoms. The van der Waals surface area contributed by atoms with Crippen LogP contribution in [-0.4, -0.2) is 14.2 Å². The molecule has 0 N–H and O–H groups in total. The topological polar surface area (TPSA) is 18.5 Å². The fourth-order valence-electron chi connectivity index (χ4n) is 2.53. The van der Waals surface area contributed by atoms with Gasteiger partial charge in [0, 0.05) is 5.92 Å². The average molecular weight is 282 g/mol. The standard InChI is InChI=1S/C19H22O2/c1-5-19(16-8-12-18(21-4)13-9-16)14(2)15-6-10-17(20-3)11-7-15/h6-13,19H,2,5H2,1,3-4H3. The van der Waals surface area contributed by atoms with Crippen LogP contribution >= 0.6 is 0 Å². The fraction of sp³-hybridized carbons (Fsp3) is 0.263. The van der Waals surface area contributed by atoms with E-state index in [2.05, 4.69) is 37.8 Å². The fourth-order valence-corrected chi connectivity index (χ4v) is 2.53. The predicted molar refractivity (Wildman–Crippen MR) is 88.1 cm³/mol. The molecular weight excluding hydrogens is 260 g/mol. The Bertz CT molecular complexity index is 582. The van der Waals surface area contributed by atoms with E-state index in [1.54, 1.807) is 14.2 Å². The lowest BCUT2D eigenvalue weighted by Crippen LogP contribution is -2.00. The molecule has 0 saturated carbocycles. The molecule has 1 atom stereocenters. The quantitative estimate of drug-likeness (QED) is 0.749. The molecule has 0 saturated heterocycles. The van der Waals surface area contributed by atoms with E-state index >= 15 is 0 Å². The van der Waals surface area contributed by atoms with E-state index < -0.39 is 0 Å². The molecule has 0 aliphatic rings. The highest BCUT2D eigenvalue weighted by Crippen LogP contribution is 2.34. The molecule has 2 aromatic carbocycles. The summed E-state index contributed by atoms with van der Waals surface area (Å²) in [4.78, 5) is 0. The van der Waals surface area contributed by atoms with Crippen molar-refractivity contribution in [3.8, 4) is 11.5 Å². The molecule has 0 radical (unpaired) electrons. The van der Waals surface area contributed by atoms with E-state index in [0.29, 0.717) is 5.92 Å². The van der Waals surface area contributed by atoms with Crippen LogP contribution in [0.4, 0.5) is 0 Å². The molecule has 110 valence electrons. The molecular formula is C19H22O2. The van der Waals surface area contributed by atoms with Crippen LogP contribution in [0.3, 0.4) is 0 Å². The van der Waals surface area contributed by atoms with Crippen molar-refractivity contribution >= 4 is 5.57 Å². The van der Waals surface area contributed by atoms with Gasteiger partial charge < -0.3 is 9.47 Å². The maximum absolute atomic E-state index is 5.22. The van der Waals surface area contributed by atoms with Crippen LogP contribution in [0.1, 0.15) is 30.4 Å². The van der Waals surface area contributed by atoms with Gasteiger partial charge in [-0.3, -0.25) is 0 Å². The molecule has 0 aliphatic carbocycles. The summed E-state index contributed by atoms with van der Waals surface area (Å²) in [5, 5.41) is 0. The van der Waals surface area contributed by atoms with Gasteiger partial charge in [0.25, 0.3) is 0 Å². The second kappa shape index (κ2) is 6.98. The van der Waals surface area contributed by atoms with Gasteiger partial charge in [-0.25, -0.2) is 0 Å². The molecule has 0 bridgehead atoms. The summed E-state index contributed by atoms with van der Waals surface area (Å²) < 4.78 is 10.4. The zero-order valence-electron chi connectivity index (χ0n) is 12.9. The second-order valence-corrected chi connectivity index (χ2v) is 4.99. The summed E-state index contributed by atoms with van der Waals surface area (Å²) in [5.41, 5.74) is 3.54. The molecule has 21 heavy (non-hydrogen) atoms. The molecule has 0 fully saturated rings. The summed E-state index contributed by atoms with van der Waals surface area (Å²) in [5.74, 6) is 2.05. The van der Waals surface area contributed by atoms with Crippen LogP contribution in [0, 0.1) is 0 Å². The highest BCUT2D eigenvalue weighted by Gasteiger charge is 2.15. The Morgan fingerprint density at radius 2 is 1.38 bits per heavy atom. The number of ether oxygens (including phenoxy) is 2. The first-order valence-electron chi connectivity index (χ1n) is 7.16. The number of hydrogen-bond donors (Lipinski definition) is 0. The van der Waals surface area contributed by atoms with Crippen molar-refractivity contribution in [3.05, 3.63) is 66.2 Å². The average Bonchev–Trinajstić information content (AvgIpc) is 2.56. The zero-order valence-corrected chi connectivity index (χ0v) is 12.9. The largest absolute Gasteiger partial charge is 0.497 e. The summed E-state index contributed by atoms with van der Waals surface area (Å²) in [6, 6.07) is 16.3. The number of rotatable bonds is 6. The zero-order chi connectivity index (χ0) is 15.2. The molecule has 2 aromatic rings. The summed E-state index contributed by atoms with van der Waals surface area (Å²) in [6.45, 7) is 6.48. The van der Waals surface area contributed by atoms with Gasteiger partial charge in [0.2, 0.25) is 0 Å². The third-order valence-corrected chi connectivity index (χ3v) is 3.81. The molecule has 0 amide bonds. The van der Waals surface area contributed by atoms with Crippen LogP contribution in [-0.2, 0) is 0 Å². The minimum atomic E-state index is 0.310. The SMILES string of the molecule is C=C(c1ccc(OC)cc1)C(CC)c1ccc(OC)cc1. The molecule has 2 rings (SSSR count). The van der Waals surface area contributed by atoms with E-state index in [0.717, 1.165) is 29.1 Å². The van der Waals surface area contributed by atoms with Crippen LogP contribution in [0.5, 0.6) is 11.5 Å². The second-order valence-electron chi connectivity index (χ2n) is 4.99.